The van der Waals surface area contributed by atoms with Gasteiger partial charge in [-0.25, -0.2) is 4.79 Å². The summed E-state index contributed by atoms with van der Waals surface area (Å²) in [6.45, 7) is 11.1. The molecule has 7 heteroatoms. The van der Waals surface area contributed by atoms with E-state index in [-0.39, 0.29) is 24.1 Å². The summed E-state index contributed by atoms with van der Waals surface area (Å²) in [6.07, 6.45) is 0.140. The van der Waals surface area contributed by atoms with Crippen molar-refractivity contribution in [2.75, 3.05) is 39.4 Å². The van der Waals surface area contributed by atoms with Crippen LogP contribution in [0.25, 0.3) is 0 Å². The summed E-state index contributed by atoms with van der Waals surface area (Å²) in [4.78, 5) is 28.0. The van der Waals surface area contributed by atoms with Gasteiger partial charge in [0.2, 0.25) is 5.91 Å². The molecule has 23 heavy (non-hydrogen) atoms. The predicted octanol–water partition coefficient (Wildman–Crippen LogP) is 0.833. The van der Waals surface area contributed by atoms with E-state index in [0.29, 0.717) is 45.8 Å². The third-order valence-corrected chi connectivity index (χ3v) is 4.04. The molecular weight excluding hydrogens is 298 g/mol. The lowest BCUT2D eigenvalue weighted by molar-refractivity contribution is -0.130. The van der Waals surface area contributed by atoms with Crippen LogP contribution in [0, 0.1) is 0 Å². The molecule has 2 amide bonds. The monoisotopic (exact) mass is 327 g/mol. The van der Waals surface area contributed by atoms with Crippen LogP contribution in [0.3, 0.4) is 0 Å². The number of piperazine rings is 1. The highest BCUT2D eigenvalue weighted by Gasteiger charge is 2.33. The van der Waals surface area contributed by atoms with Gasteiger partial charge < -0.3 is 24.6 Å². The van der Waals surface area contributed by atoms with Crippen molar-refractivity contribution in [2.45, 2.75) is 51.8 Å². The van der Waals surface area contributed by atoms with Gasteiger partial charge in [0.15, 0.2) is 0 Å². The SMILES string of the molecule is C[C@@H]1CN[C@@H](CN2CCOCCC2=O)CN1C(=O)OC(C)(C)C. The van der Waals surface area contributed by atoms with Crippen LogP contribution < -0.4 is 5.32 Å². The third kappa shape index (κ3) is 5.35. The number of nitrogens with one attached hydrogen (secondary N) is 1. The minimum absolute atomic E-state index is 0.0563. The van der Waals surface area contributed by atoms with Crippen LogP contribution in [0.5, 0.6) is 0 Å². The van der Waals surface area contributed by atoms with Crippen LogP contribution in [-0.2, 0) is 14.3 Å². The van der Waals surface area contributed by atoms with Crippen molar-refractivity contribution in [3.8, 4) is 0 Å². The first-order valence-electron chi connectivity index (χ1n) is 8.35. The van der Waals surface area contributed by atoms with Crippen LogP contribution in [-0.4, -0.2) is 78.9 Å². The Bertz CT molecular complexity index is 436. The molecule has 0 aliphatic carbocycles. The summed E-state index contributed by atoms with van der Waals surface area (Å²) in [5, 5.41) is 3.42. The quantitative estimate of drug-likeness (QED) is 0.813. The van der Waals surface area contributed by atoms with Crippen molar-refractivity contribution in [1.29, 1.82) is 0 Å². The fraction of sp³-hybridized carbons (Fsp3) is 0.875. The van der Waals surface area contributed by atoms with E-state index in [4.69, 9.17) is 9.47 Å². The van der Waals surface area contributed by atoms with E-state index in [1.165, 1.54) is 0 Å². The van der Waals surface area contributed by atoms with E-state index in [9.17, 15) is 9.59 Å². The van der Waals surface area contributed by atoms with Gasteiger partial charge in [-0.05, 0) is 27.7 Å². The molecule has 0 aromatic carbocycles. The summed E-state index contributed by atoms with van der Waals surface area (Å²) in [5.74, 6) is 0.117. The Kier molecular flexibility index (Phi) is 5.86. The molecule has 2 heterocycles. The zero-order valence-corrected chi connectivity index (χ0v) is 14.6. The van der Waals surface area contributed by atoms with Gasteiger partial charge in [0.25, 0.3) is 0 Å². The molecule has 0 aromatic heterocycles. The third-order valence-electron chi connectivity index (χ3n) is 4.04. The van der Waals surface area contributed by atoms with Gasteiger partial charge in [0, 0.05) is 38.3 Å². The molecule has 132 valence electrons. The Hall–Kier alpha value is -1.34. The lowest BCUT2D eigenvalue weighted by Crippen LogP contribution is -2.61. The van der Waals surface area contributed by atoms with Gasteiger partial charge in [-0.15, -0.1) is 0 Å². The molecule has 0 spiro atoms. The summed E-state index contributed by atoms with van der Waals surface area (Å²) >= 11 is 0. The normalized spacial score (nSPS) is 26.9. The van der Waals surface area contributed by atoms with Gasteiger partial charge in [-0.2, -0.15) is 0 Å². The molecular formula is C16H29N3O4. The van der Waals surface area contributed by atoms with E-state index < -0.39 is 5.60 Å². The van der Waals surface area contributed by atoms with E-state index in [1.807, 2.05) is 32.6 Å². The van der Waals surface area contributed by atoms with Crippen molar-refractivity contribution in [2.24, 2.45) is 0 Å². The number of ether oxygens (including phenoxy) is 2. The fourth-order valence-electron chi connectivity index (χ4n) is 2.80. The molecule has 0 bridgehead atoms. The Labute approximate surface area is 138 Å². The molecule has 7 nitrogen and oxygen atoms in total. The van der Waals surface area contributed by atoms with E-state index in [2.05, 4.69) is 5.32 Å². The topological polar surface area (TPSA) is 71.1 Å². The number of hydrogen-bond donors (Lipinski definition) is 1. The van der Waals surface area contributed by atoms with E-state index >= 15 is 0 Å². The molecule has 0 saturated carbocycles. The van der Waals surface area contributed by atoms with Crippen molar-refractivity contribution < 1.29 is 19.1 Å². The zero-order valence-electron chi connectivity index (χ0n) is 14.6. The maximum Gasteiger partial charge on any atom is 0.410 e. The molecule has 2 fully saturated rings. The van der Waals surface area contributed by atoms with Crippen LogP contribution in [0.15, 0.2) is 0 Å². The molecule has 2 atom stereocenters. The van der Waals surface area contributed by atoms with Gasteiger partial charge >= 0.3 is 6.09 Å². The number of amides is 2. The molecule has 2 rings (SSSR count). The standard InChI is InChI=1S/C16H29N3O4/c1-12-9-17-13(10-18-6-8-22-7-5-14(18)20)11-19(12)15(21)23-16(2,3)4/h12-13,17H,5-11H2,1-4H3/t12-,13+/m1/s1. The minimum Gasteiger partial charge on any atom is -0.444 e. The molecule has 1 N–H and O–H groups in total. The number of carbonyl (C=O) groups is 2. The smallest absolute Gasteiger partial charge is 0.410 e. The van der Waals surface area contributed by atoms with Crippen LogP contribution in [0.2, 0.25) is 0 Å². The number of carbonyl (C=O) groups excluding carboxylic acids is 2. The molecule has 0 aromatic rings. The molecule has 2 aliphatic rings. The Balaban J connectivity index is 1.94. The lowest BCUT2D eigenvalue weighted by Gasteiger charge is -2.40. The summed E-state index contributed by atoms with van der Waals surface area (Å²) in [7, 11) is 0. The van der Waals surface area contributed by atoms with Gasteiger partial charge in [-0.1, -0.05) is 0 Å². The summed E-state index contributed by atoms with van der Waals surface area (Å²) in [5.41, 5.74) is -0.505. The average molecular weight is 327 g/mol. The highest BCUT2D eigenvalue weighted by molar-refractivity contribution is 5.76. The molecule has 2 saturated heterocycles. The van der Waals surface area contributed by atoms with Crippen LogP contribution >= 0.6 is 0 Å². The van der Waals surface area contributed by atoms with Crippen LogP contribution in [0.1, 0.15) is 34.1 Å². The average Bonchev–Trinajstić information content (AvgIpc) is 2.64. The Morgan fingerprint density at radius 3 is 2.83 bits per heavy atom. The maximum absolute atomic E-state index is 12.4. The largest absolute Gasteiger partial charge is 0.444 e. The number of nitrogens with zero attached hydrogens (tertiary/aromatic N) is 2. The Morgan fingerprint density at radius 1 is 1.39 bits per heavy atom. The molecule has 2 aliphatic heterocycles. The van der Waals surface area contributed by atoms with Gasteiger partial charge in [0.05, 0.1) is 19.6 Å². The zero-order chi connectivity index (χ0) is 17.0. The highest BCUT2D eigenvalue weighted by atomic mass is 16.6. The lowest BCUT2D eigenvalue weighted by atomic mass is 10.1. The molecule has 0 radical (unpaired) electrons. The van der Waals surface area contributed by atoms with Gasteiger partial charge in [-0.3, -0.25) is 4.79 Å². The Morgan fingerprint density at radius 2 is 2.13 bits per heavy atom. The highest BCUT2D eigenvalue weighted by Crippen LogP contribution is 2.15. The van der Waals surface area contributed by atoms with E-state index in [1.54, 1.807) is 4.90 Å². The van der Waals surface area contributed by atoms with E-state index in [0.717, 1.165) is 0 Å². The second-order valence-electron chi connectivity index (χ2n) is 7.29. The first kappa shape index (κ1) is 18.0. The second-order valence-corrected chi connectivity index (χ2v) is 7.29. The minimum atomic E-state index is -0.505. The van der Waals surface area contributed by atoms with Crippen molar-refractivity contribution in [3.63, 3.8) is 0 Å². The number of rotatable bonds is 2. The first-order chi connectivity index (χ1) is 10.8. The van der Waals surface area contributed by atoms with Crippen LogP contribution in [0.4, 0.5) is 4.79 Å². The summed E-state index contributed by atoms with van der Waals surface area (Å²) < 4.78 is 10.8. The maximum atomic E-state index is 12.4. The molecule has 0 unspecified atom stereocenters. The van der Waals surface area contributed by atoms with Crippen molar-refractivity contribution in [1.82, 2.24) is 15.1 Å². The second kappa shape index (κ2) is 7.49. The predicted molar refractivity (Wildman–Crippen MR) is 86.2 cm³/mol. The first-order valence-corrected chi connectivity index (χ1v) is 8.35. The van der Waals surface area contributed by atoms with Crippen molar-refractivity contribution in [3.05, 3.63) is 0 Å². The summed E-state index contributed by atoms with van der Waals surface area (Å²) in [6, 6.07) is 0.130. The number of hydrogen-bond acceptors (Lipinski definition) is 5. The van der Waals surface area contributed by atoms with Gasteiger partial charge in [0.1, 0.15) is 5.60 Å². The van der Waals surface area contributed by atoms with Crippen molar-refractivity contribution >= 4 is 12.0 Å². The fourth-order valence-corrected chi connectivity index (χ4v) is 2.80.